The average molecular weight is 327 g/mol. The number of para-hydroxylation sites is 1. The highest BCUT2D eigenvalue weighted by atomic mass is 16.5. The molecule has 3 rings (SSSR count). The zero-order chi connectivity index (χ0) is 17.1. The Labute approximate surface area is 139 Å². The fourth-order valence-corrected chi connectivity index (χ4v) is 2.42. The summed E-state index contributed by atoms with van der Waals surface area (Å²) in [5, 5.41) is 5.54. The Morgan fingerprint density at radius 2 is 2.21 bits per heavy atom. The molecule has 0 saturated heterocycles. The highest BCUT2D eigenvalue weighted by molar-refractivity contribution is 6.03. The number of aromatic nitrogens is 1. The van der Waals surface area contributed by atoms with Crippen molar-refractivity contribution in [2.24, 2.45) is 0 Å². The number of hydrogen-bond acceptors (Lipinski definition) is 5. The van der Waals surface area contributed by atoms with Gasteiger partial charge in [0.2, 0.25) is 5.88 Å². The molecule has 2 amide bonds. The maximum atomic E-state index is 12.5. The molecule has 7 nitrogen and oxygen atoms in total. The second-order valence-corrected chi connectivity index (χ2v) is 5.29. The number of rotatable bonds is 4. The van der Waals surface area contributed by atoms with Crippen LogP contribution in [0.3, 0.4) is 0 Å². The monoisotopic (exact) mass is 327 g/mol. The predicted octanol–water partition coefficient (Wildman–Crippen LogP) is 1.74. The molecule has 1 aliphatic heterocycles. The molecule has 1 aromatic heterocycles. The van der Waals surface area contributed by atoms with Crippen LogP contribution in [-0.4, -0.2) is 30.0 Å². The lowest BCUT2D eigenvalue weighted by Crippen LogP contribution is -2.35. The van der Waals surface area contributed by atoms with Crippen LogP contribution in [0, 0.1) is 0 Å². The molecule has 0 spiro atoms. The van der Waals surface area contributed by atoms with E-state index in [-0.39, 0.29) is 18.4 Å². The van der Waals surface area contributed by atoms with Gasteiger partial charge in [-0.3, -0.25) is 9.59 Å². The number of pyridine rings is 1. The van der Waals surface area contributed by atoms with E-state index in [1.165, 1.54) is 7.11 Å². The van der Waals surface area contributed by atoms with E-state index in [4.69, 9.17) is 9.47 Å². The van der Waals surface area contributed by atoms with Gasteiger partial charge in [0.15, 0.2) is 11.9 Å². The van der Waals surface area contributed by atoms with Gasteiger partial charge in [-0.05, 0) is 25.1 Å². The zero-order valence-electron chi connectivity index (χ0n) is 13.3. The van der Waals surface area contributed by atoms with E-state index in [0.717, 1.165) is 5.56 Å². The summed E-state index contributed by atoms with van der Waals surface area (Å²) < 4.78 is 10.7. The van der Waals surface area contributed by atoms with Crippen LogP contribution in [0.2, 0.25) is 0 Å². The van der Waals surface area contributed by atoms with Crippen molar-refractivity contribution in [3.8, 4) is 11.6 Å². The van der Waals surface area contributed by atoms with E-state index in [2.05, 4.69) is 15.6 Å². The fraction of sp³-hybridized carbons (Fsp3) is 0.235. The van der Waals surface area contributed by atoms with E-state index in [1.54, 1.807) is 37.4 Å². The number of carbonyl (C=O) groups excluding carboxylic acids is 2. The Morgan fingerprint density at radius 1 is 1.38 bits per heavy atom. The third kappa shape index (κ3) is 3.01. The molecule has 2 aromatic rings. The van der Waals surface area contributed by atoms with Crippen molar-refractivity contribution < 1.29 is 19.1 Å². The first kappa shape index (κ1) is 15.8. The van der Waals surface area contributed by atoms with E-state index >= 15 is 0 Å². The standard InChI is InChI=1S/C17H17N3O4/c1-10-15(21)20-13-7-3-6-12(14(13)24-10)16(22)19-9-11-5-4-8-18-17(11)23-2/h3-8,10H,9H2,1-2H3,(H,19,22)(H,20,21)/t10-/m0/s1. The molecule has 1 atom stereocenters. The van der Waals surface area contributed by atoms with Crippen molar-refractivity contribution in [1.29, 1.82) is 0 Å². The van der Waals surface area contributed by atoms with Gasteiger partial charge in [0.05, 0.1) is 18.4 Å². The number of anilines is 1. The first-order valence-electron chi connectivity index (χ1n) is 7.46. The van der Waals surface area contributed by atoms with Gasteiger partial charge in [0.1, 0.15) is 0 Å². The lowest BCUT2D eigenvalue weighted by atomic mass is 10.1. The Morgan fingerprint density at radius 3 is 3.00 bits per heavy atom. The van der Waals surface area contributed by atoms with E-state index in [1.807, 2.05) is 6.07 Å². The SMILES string of the molecule is COc1ncccc1CNC(=O)c1cccc2c1O[C@@H](C)C(=O)N2. The van der Waals surface area contributed by atoms with Crippen LogP contribution in [0.15, 0.2) is 36.5 Å². The van der Waals surface area contributed by atoms with Gasteiger partial charge in [0, 0.05) is 18.3 Å². The average Bonchev–Trinajstić information content (AvgIpc) is 2.60. The fourth-order valence-electron chi connectivity index (χ4n) is 2.42. The molecule has 0 saturated carbocycles. The molecule has 1 aromatic carbocycles. The van der Waals surface area contributed by atoms with Crippen LogP contribution in [0.25, 0.3) is 0 Å². The van der Waals surface area contributed by atoms with Gasteiger partial charge in [-0.15, -0.1) is 0 Å². The minimum Gasteiger partial charge on any atom is -0.481 e. The number of amides is 2. The van der Waals surface area contributed by atoms with Gasteiger partial charge in [0.25, 0.3) is 11.8 Å². The molecule has 2 heterocycles. The van der Waals surface area contributed by atoms with Crippen LogP contribution in [-0.2, 0) is 11.3 Å². The number of benzene rings is 1. The summed E-state index contributed by atoms with van der Waals surface area (Å²) in [6.07, 6.45) is 0.972. The van der Waals surface area contributed by atoms with Crippen LogP contribution in [0.1, 0.15) is 22.8 Å². The van der Waals surface area contributed by atoms with Crippen molar-refractivity contribution in [1.82, 2.24) is 10.3 Å². The molecular weight excluding hydrogens is 310 g/mol. The van der Waals surface area contributed by atoms with Crippen LogP contribution in [0.4, 0.5) is 5.69 Å². The van der Waals surface area contributed by atoms with Crippen molar-refractivity contribution in [2.75, 3.05) is 12.4 Å². The third-order valence-corrected chi connectivity index (χ3v) is 3.66. The lowest BCUT2D eigenvalue weighted by Gasteiger charge is -2.25. The van der Waals surface area contributed by atoms with Crippen molar-refractivity contribution in [2.45, 2.75) is 19.6 Å². The predicted molar refractivity (Wildman–Crippen MR) is 87.1 cm³/mol. The number of methoxy groups -OCH3 is 1. The maximum Gasteiger partial charge on any atom is 0.265 e. The van der Waals surface area contributed by atoms with Gasteiger partial charge >= 0.3 is 0 Å². The molecule has 7 heteroatoms. The van der Waals surface area contributed by atoms with Gasteiger partial charge in [-0.25, -0.2) is 4.98 Å². The highest BCUT2D eigenvalue weighted by Crippen LogP contribution is 2.33. The number of ether oxygens (including phenoxy) is 2. The number of nitrogens with zero attached hydrogens (tertiary/aromatic N) is 1. The van der Waals surface area contributed by atoms with E-state index in [9.17, 15) is 9.59 Å². The molecule has 0 fully saturated rings. The normalized spacial score (nSPS) is 15.8. The molecule has 0 radical (unpaired) electrons. The van der Waals surface area contributed by atoms with Crippen LogP contribution < -0.4 is 20.1 Å². The molecule has 1 aliphatic rings. The number of hydrogen-bond donors (Lipinski definition) is 2. The van der Waals surface area contributed by atoms with Crippen molar-refractivity contribution in [3.63, 3.8) is 0 Å². The summed E-state index contributed by atoms with van der Waals surface area (Å²) in [4.78, 5) is 28.3. The Kier molecular flexibility index (Phi) is 4.33. The second-order valence-electron chi connectivity index (χ2n) is 5.29. The number of nitrogens with one attached hydrogen (secondary N) is 2. The molecule has 0 aliphatic carbocycles. The topological polar surface area (TPSA) is 89.6 Å². The quantitative estimate of drug-likeness (QED) is 0.893. The number of fused-ring (bicyclic) bond motifs is 1. The van der Waals surface area contributed by atoms with Crippen LogP contribution in [0.5, 0.6) is 11.6 Å². The Balaban J connectivity index is 1.79. The molecular formula is C17H17N3O4. The largest absolute Gasteiger partial charge is 0.481 e. The first-order valence-corrected chi connectivity index (χ1v) is 7.46. The Bertz CT molecular complexity index is 791. The molecule has 0 bridgehead atoms. The molecule has 124 valence electrons. The zero-order valence-corrected chi connectivity index (χ0v) is 13.3. The van der Waals surface area contributed by atoms with Crippen LogP contribution >= 0.6 is 0 Å². The molecule has 24 heavy (non-hydrogen) atoms. The van der Waals surface area contributed by atoms with Crippen molar-refractivity contribution >= 4 is 17.5 Å². The number of carbonyl (C=O) groups is 2. The summed E-state index contributed by atoms with van der Waals surface area (Å²) >= 11 is 0. The third-order valence-electron chi connectivity index (χ3n) is 3.66. The Hall–Kier alpha value is -3.09. The molecule has 0 unspecified atom stereocenters. The lowest BCUT2D eigenvalue weighted by molar-refractivity contribution is -0.122. The minimum atomic E-state index is -0.648. The second kappa shape index (κ2) is 6.57. The summed E-state index contributed by atoms with van der Waals surface area (Å²) in [5.41, 5.74) is 1.62. The van der Waals surface area contributed by atoms with E-state index < -0.39 is 6.10 Å². The summed E-state index contributed by atoms with van der Waals surface area (Å²) in [6, 6.07) is 8.64. The van der Waals surface area contributed by atoms with Gasteiger partial charge in [-0.1, -0.05) is 12.1 Å². The minimum absolute atomic E-state index is 0.236. The summed E-state index contributed by atoms with van der Waals surface area (Å²) in [5.74, 6) is 0.298. The smallest absolute Gasteiger partial charge is 0.265 e. The van der Waals surface area contributed by atoms with E-state index in [0.29, 0.717) is 22.9 Å². The summed E-state index contributed by atoms with van der Waals surface area (Å²) in [6.45, 7) is 1.90. The highest BCUT2D eigenvalue weighted by Gasteiger charge is 2.27. The van der Waals surface area contributed by atoms with Crippen molar-refractivity contribution in [3.05, 3.63) is 47.7 Å². The summed E-state index contributed by atoms with van der Waals surface area (Å²) in [7, 11) is 1.53. The maximum absolute atomic E-state index is 12.5. The van der Waals surface area contributed by atoms with Gasteiger partial charge in [-0.2, -0.15) is 0 Å². The molecule has 2 N–H and O–H groups in total. The van der Waals surface area contributed by atoms with Gasteiger partial charge < -0.3 is 20.1 Å². The first-order chi connectivity index (χ1) is 11.6.